The topological polar surface area (TPSA) is 29.1 Å². The lowest BCUT2D eigenvalue weighted by molar-refractivity contribution is 0.0953. The summed E-state index contributed by atoms with van der Waals surface area (Å²) in [6.45, 7) is 0.491. The zero-order chi connectivity index (χ0) is 12.4. The van der Waals surface area contributed by atoms with Gasteiger partial charge in [-0.1, -0.05) is 23.2 Å². The third-order valence-corrected chi connectivity index (χ3v) is 4.02. The fraction of sp³-hybridized carbons (Fsp3) is 0.417. The average Bonchev–Trinajstić information content (AvgIpc) is 3.13. The van der Waals surface area contributed by atoms with E-state index in [9.17, 15) is 4.79 Å². The second kappa shape index (κ2) is 5.47. The molecule has 1 unspecified atom stereocenters. The third kappa shape index (κ3) is 3.51. The van der Waals surface area contributed by atoms with Crippen molar-refractivity contribution in [2.45, 2.75) is 18.2 Å². The summed E-state index contributed by atoms with van der Waals surface area (Å²) in [5.41, 5.74) is 0.499. The minimum absolute atomic E-state index is 0.0294. The van der Waals surface area contributed by atoms with Gasteiger partial charge in [0.05, 0.1) is 15.4 Å². The molecule has 0 saturated heterocycles. The molecular weight excluding hydrogens is 280 g/mol. The molecule has 0 spiro atoms. The average molecular weight is 293 g/mol. The quantitative estimate of drug-likeness (QED) is 0.842. The van der Waals surface area contributed by atoms with Crippen LogP contribution in [0.5, 0.6) is 0 Å². The Bertz CT molecular complexity index is 432. The summed E-state index contributed by atoms with van der Waals surface area (Å²) in [7, 11) is 0. The van der Waals surface area contributed by atoms with E-state index in [0.717, 1.165) is 12.8 Å². The van der Waals surface area contributed by atoms with E-state index in [-0.39, 0.29) is 11.3 Å². The van der Waals surface area contributed by atoms with Crippen molar-refractivity contribution in [1.82, 2.24) is 5.32 Å². The van der Waals surface area contributed by atoms with Crippen molar-refractivity contribution in [3.63, 3.8) is 0 Å². The first kappa shape index (κ1) is 13.0. The summed E-state index contributed by atoms with van der Waals surface area (Å²) >= 11 is 17.7. The molecule has 2 rings (SSSR count). The predicted octanol–water partition coefficient (Wildman–Crippen LogP) is 3.74. The monoisotopic (exact) mass is 291 g/mol. The Hall–Kier alpha value is -0.440. The van der Waals surface area contributed by atoms with Crippen LogP contribution in [-0.4, -0.2) is 17.8 Å². The SMILES string of the molecule is O=C(NCC(Cl)C1CC1)c1ccc(Cl)c(Cl)c1. The second-order valence-corrected chi connectivity index (χ2v) is 5.57. The number of rotatable bonds is 4. The molecule has 0 heterocycles. The highest BCUT2D eigenvalue weighted by atomic mass is 35.5. The molecule has 1 aliphatic carbocycles. The van der Waals surface area contributed by atoms with Crippen molar-refractivity contribution in [2.75, 3.05) is 6.54 Å². The van der Waals surface area contributed by atoms with Gasteiger partial charge in [0, 0.05) is 12.1 Å². The van der Waals surface area contributed by atoms with Crippen LogP contribution in [-0.2, 0) is 0 Å². The maximum Gasteiger partial charge on any atom is 0.251 e. The van der Waals surface area contributed by atoms with Gasteiger partial charge in [-0.15, -0.1) is 11.6 Å². The summed E-state index contributed by atoms with van der Waals surface area (Å²) in [5, 5.41) is 3.64. The molecule has 1 aromatic carbocycles. The molecule has 1 fully saturated rings. The first-order valence-corrected chi connectivity index (χ1v) is 6.64. The molecule has 0 radical (unpaired) electrons. The summed E-state index contributed by atoms with van der Waals surface area (Å²) in [6, 6.07) is 4.81. The van der Waals surface area contributed by atoms with Gasteiger partial charge < -0.3 is 5.32 Å². The molecule has 1 aliphatic rings. The third-order valence-electron chi connectivity index (χ3n) is 2.77. The zero-order valence-electron chi connectivity index (χ0n) is 9.05. The van der Waals surface area contributed by atoms with E-state index >= 15 is 0 Å². The zero-order valence-corrected chi connectivity index (χ0v) is 11.3. The number of amides is 1. The van der Waals surface area contributed by atoms with Crippen LogP contribution < -0.4 is 5.32 Å². The first-order valence-electron chi connectivity index (χ1n) is 5.45. The van der Waals surface area contributed by atoms with Gasteiger partial charge in [0.25, 0.3) is 5.91 Å². The lowest BCUT2D eigenvalue weighted by Crippen LogP contribution is -2.30. The van der Waals surface area contributed by atoms with E-state index in [2.05, 4.69) is 5.32 Å². The van der Waals surface area contributed by atoms with Crippen LogP contribution in [0.4, 0.5) is 0 Å². The summed E-state index contributed by atoms with van der Waals surface area (Å²) in [4.78, 5) is 11.8. The number of nitrogens with one attached hydrogen (secondary N) is 1. The van der Waals surface area contributed by atoms with Crippen LogP contribution in [0.3, 0.4) is 0 Å². The number of benzene rings is 1. The molecule has 1 saturated carbocycles. The number of carbonyl (C=O) groups is 1. The Balaban J connectivity index is 1.92. The molecule has 0 bridgehead atoms. The molecule has 17 heavy (non-hydrogen) atoms. The highest BCUT2D eigenvalue weighted by Gasteiger charge is 2.29. The molecule has 0 aromatic heterocycles. The first-order chi connectivity index (χ1) is 8.08. The number of alkyl halides is 1. The number of carbonyl (C=O) groups excluding carboxylic acids is 1. The minimum Gasteiger partial charge on any atom is -0.351 e. The maximum atomic E-state index is 11.8. The van der Waals surface area contributed by atoms with E-state index < -0.39 is 0 Å². The van der Waals surface area contributed by atoms with Gasteiger partial charge in [-0.3, -0.25) is 4.79 Å². The van der Waals surface area contributed by atoms with Crippen molar-refractivity contribution in [2.24, 2.45) is 5.92 Å². The van der Waals surface area contributed by atoms with Crippen molar-refractivity contribution < 1.29 is 4.79 Å². The fourth-order valence-electron chi connectivity index (χ4n) is 1.55. The van der Waals surface area contributed by atoms with Gasteiger partial charge >= 0.3 is 0 Å². The highest BCUT2D eigenvalue weighted by molar-refractivity contribution is 6.42. The number of halogens is 3. The molecule has 0 aliphatic heterocycles. The number of hydrogen-bond donors (Lipinski definition) is 1. The normalized spacial score (nSPS) is 16.6. The molecule has 92 valence electrons. The Morgan fingerprint density at radius 1 is 1.35 bits per heavy atom. The Labute approximate surface area is 115 Å². The van der Waals surface area contributed by atoms with E-state index in [4.69, 9.17) is 34.8 Å². The standard InChI is InChI=1S/C12H12Cl3NO/c13-9-4-3-8(5-10(9)14)12(17)16-6-11(15)7-1-2-7/h3-5,7,11H,1-2,6H2,(H,16,17). The van der Waals surface area contributed by atoms with Gasteiger partial charge in [-0.2, -0.15) is 0 Å². The Kier molecular flexibility index (Phi) is 4.18. The fourth-order valence-corrected chi connectivity index (χ4v) is 2.18. The molecule has 5 heteroatoms. The highest BCUT2D eigenvalue weighted by Crippen LogP contribution is 2.35. The summed E-state index contributed by atoms with van der Waals surface area (Å²) in [5.74, 6) is 0.389. The van der Waals surface area contributed by atoms with Gasteiger partial charge in [-0.25, -0.2) is 0 Å². The van der Waals surface area contributed by atoms with E-state index in [1.54, 1.807) is 18.2 Å². The Morgan fingerprint density at radius 2 is 2.06 bits per heavy atom. The van der Waals surface area contributed by atoms with Crippen molar-refractivity contribution >= 4 is 40.7 Å². The summed E-state index contributed by atoms with van der Waals surface area (Å²) < 4.78 is 0. The van der Waals surface area contributed by atoms with Crippen LogP contribution in [0, 0.1) is 5.92 Å². The van der Waals surface area contributed by atoms with Crippen LogP contribution in [0.15, 0.2) is 18.2 Å². The van der Waals surface area contributed by atoms with Crippen LogP contribution >= 0.6 is 34.8 Å². The van der Waals surface area contributed by atoms with Crippen LogP contribution in [0.25, 0.3) is 0 Å². The lowest BCUT2D eigenvalue weighted by atomic mass is 10.2. The Morgan fingerprint density at radius 3 is 2.65 bits per heavy atom. The molecule has 1 N–H and O–H groups in total. The van der Waals surface area contributed by atoms with Crippen molar-refractivity contribution in [3.8, 4) is 0 Å². The largest absolute Gasteiger partial charge is 0.351 e. The molecule has 1 aromatic rings. The van der Waals surface area contributed by atoms with Crippen molar-refractivity contribution in [1.29, 1.82) is 0 Å². The van der Waals surface area contributed by atoms with Crippen LogP contribution in [0.2, 0.25) is 10.0 Å². The lowest BCUT2D eigenvalue weighted by Gasteiger charge is -2.10. The molecular formula is C12H12Cl3NO. The summed E-state index contributed by atoms with van der Waals surface area (Å²) in [6.07, 6.45) is 2.33. The van der Waals surface area contributed by atoms with E-state index in [0.29, 0.717) is 28.1 Å². The minimum atomic E-state index is -0.171. The van der Waals surface area contributed by atoms with Gasteiger partial charge in [-0.05, 0) is 37.0 Å². The molecule has 1 amide bonds. The van der Waals surface area contributed by atoms with Crippen LogP contribution in [0.1, 0.15) is 23.2 Å². The maximum absolute atomic E-state index is 11.8. The van der Waals surface area contributed by atoms with Crippen molar-refractivity contribution in [3.05, 3.63) is 33.8 Å². The second-order valence-electron chi connectivity index (χ2n) is 4.19. The van der Waals surface area contributed by atoms with Gasteiger partial charge in [0.1, 0.15) is 0 Å². The van der Waals surface area contributed by atoms with E-state index in [1.807, 2.05) is 0 Å². The van der Waals surface area contributed by atoms with E-state index in [1.165, 1.54) is 0 Å². The number of hydrogen-bond acceptors (Lipinski definition) is 1. The van der Waals surface area contributed by atoms with Gasteiger partial charge in [0.2, 0.25) is 0 Å². The van der Waals surface area contributed by atoms with Gasteiger partial charge in [0.15, 0.2) is 0 Å². The predicted molar refractivity (Wildman–Crippen MR) is 71.2 cm³/mol. The smallest absolute Gasteiger partial charge is 0.251 e. The molecule has 1 atom stereocenters. The molecule has 2 nitrogen and oxygen atoms in total.